The van der Waals surface area contributed by atoms with Crippen LogP contribution in [-0.2, 0) is 10.6 Å². The highest BCUT2D eigenvalue weighted by Gasteiger charge is 2.15. The Bertz CT molecular complexity index is 299. The summed E-state index contributed by atoms with van der Waals surface area (Å²) < 4.78 is 10.7. The molecule has 2 heterocycles. The van der Waals surface area contributed by atoms with Crippen molar-refractivity contribution in [2.45, 2.75) is 31.2 Å². The summed E-state index contributed by atoms with van der Waals surface area (Å²) in [5.74, 6) is 0.691. The van der Waals surface area contributed by atoms with Gasteiger partial charge in [-0.15, -0.1) is 16.7 Å². The standard InChI is InChI=1S/C9H14ClN3O2/c10-6-8-12-13-9(15-8)11-4-3-7-2-1-5-14-7/h7H,1-6H2,(H,11,13). The number of rotatable bonds is 5. The van der Waals surface area contributed by atoms with Gasteiger partial charge in [-0.3, -0.25) is 0 Å². The molecule has 0 saturated carbocycles. The van der Waals surface area contributed by atoms with Crippen molar-refractivity contribution in [3.8, 4) is 0 Å². The highest BCUT2D eigenvalue weighted by Crippen LogP contribution is 2.15. The molecule has 2 rings (SSSR count). The maximum atomic E-state index is 5.53. The van der Waals surface area contributed by atoms with E-state index in [4.69, 9.17) is 20.8 Å². The molecule has 5 nitrogen and oxygen atoms in total. The molecule has 1 saturated heterocycles. The van der Waals surface area contributed by atoms with Crippen LogP contribution in [0.25, 0.3) is 0 Å². The summed E-state index contributed by atoms with van der Waals surface area (Å²) in [5.41, 5.74) is 0. The lowest BCUT2D eigenvalue weighted by molar-refractivity contribution is 0.107. The lowest BCUT2D eigenvalue weighted by atomic mass is 10.2. The zero-order valence-corrected chi connectivity index (χ0v) is 9.16. The SMILES string of the molecule is ClCc1nnc(NCCC2CCCO2)o1. The van der Waals surface area contributed by atoms with Crippen LogP contribution >= 0.6 is 11.6 Å². The lowest BCUT2D eigenvalue weighted by Gasteiger charge is -2.08. The predicted molar refractivity (Wildman–Crippen MR) is 55.9 cm³/mol. The third kappa shape index (κ3) is 3.07. The summed E-state index contributed by atoms with van der Waals surface area (Å²) in [7, 11) is 0. The average molecular weight is 232 g/mol. The second-order valence-electron chi connectivity index (χ2n) is 3.49. The molecule has 0 radical (unpaired) electrons. The molecular formula is C9H14ClN3O2. The average Bonchev–Trinajstić information content (AvgIpc) is 2.88. The first kappa shape index (κ1) is 10.7. The molecule has 1 aromatic heterocycles. The van der Waals surface area contributed by atoms with Crippen molar-refractivity contribution in [2.75, 3.05) is 18.5 Å². The van der Waals surface area contributed by atoms with Gasteiger partial charge in [0.1, 0.15) is 5.88 Å². The first-order valence-corrected chi connectivity index (χ1v) is 5.66. The summed E-state index contributed by atoms with van der Waals surface area (Å²) in [4.78, 5) is 0. The van der Waals surface area contributed by atoms with Crippen LogP contribution in [0.3, 0.4) is 0 Å². The van der Waals surface area contributed by atoms with Gasteiger partial charge >= 0.3 is 6.01 Å². The van der Waals surface area contributed by atoms with Crippen molar-refractivity contribution in [1.82, 2.24) is 10.2 Å². The first-order valence-electron chi connectivity index (χ1n) is 5.12. The van der Waals surface area contributed by atoms with Crippen LogP contribution in [0.1, 0.15) is 25.2 Å². The minimum atomic E-state index is 0.250. The molecule has 15 heavy (non-hydrogen) atoms. The fraction of sp³-hybridized carbons (Fsp3) is 0.778. The number of nitrogens with zero attached hydrogens (tertiary/aromatic N) is 2. The van der Waals surface area contributed by atoms with Crippen molar-refractivity contribution >= 4 is 17.6 Å². The largest absolute Gasteiger partial charge is 0.407 e. The summed E-state index contributed by atoms with van der Waals surface area (Å²) in [5, 5.41) is 10.6. The number of aromatic nitrogens is 2. The third-order valence-electron chi connectivity index (χ3n) is 2.35. The normalized spacial score (nSPS) is 20.7. The molecule has 6 heteroatoms. The summed E-state index contributed by atoms with van der Waals surface area (Å²) >= 11 is 5.53. The molecule has 0 aromatic carbocycles. The highest BCUT2D eigenvalue weighted by atomic mass is 35.5. The van der Waals surface area contributed by atoms with E-state index in [0.29, 0.717) is 18.0 Å². The molecule has 1 aliphatic heterocycles. The number of halogens is 1. The van der Waals surface area contributed by atoms with Crippen molar-refractivity contribution in [2.24, 2.45) is 0 Å². The number of hydrogen-bond donors (Lipinski definition) is 1. The van der Waals surface area contributed by atoms with Crippen LogP contribution in [0.4, 0.5) is 6.01 Å². The van der Waals surface area contributed by atoms with Crippen molar-refractivity contribution < 1.29 is 9.15 Å². The lowest BCUT2D eigenvalue weighted by Crippen LogP contribution is -2.12. The molecule has 1 aliphatic rings. The molecule has 0 amide bonds. The van der Waals surface area contributed by atoms with Gasteiger partial charge in [-0.1, -0.05) is 5.10 Å². The van der Waals surface area contributed by atoms with E-state index >= 15 is 0 Å². The maximum absolute atomic E-state index is 5.53. The predicted octanol–water partition coefficient (Wildman–Crippen LogP) is 1.79. The number of ether oxygens (including phenoxy) is 1. The number of hydrogen-bond acceptors (Lipinski definition) is 5. The van der Waals surface area contributed by atoms with Crippen LogP contribution in [0.15, 0.2) is 4.42 Å². The monoisotopic (exact) mass is 231 g/mol. The Morgan fingerprint density at radius 1 is 1.47 bits per heavy atom. The van der Waals surface area contributed by atoms with Crippen LogP contribution in [0.2, 0.25) is 0 Å². The first-order chi connectivity index (χ1) is 7.38. The zero-order chi connectivity index (χ0) is 10.5. The van der Waals surface area contributed by atoms with Gasteiger partial charge in [0.25, 0.3) is 0 Å². The number of nitrogens with one attached hydrogen (secondary N) is 1. The van der Waals surface area contributed by atoms with Gasteiger partial charge in [-0.25, -0.2) is 0 Å². The molecule has 84 valence electrons. The van der Waals surface area contributed by atoms with Crippen LogP contribution in [0.5, 0.6) is 0 Å². The Morgan fingerprint density at radius 2 is 2.40 bits per heavy atom. The molecule has 1 fully saturated rings. The van der Waals surface area contributed by atoms with Crippen molar-refractivity contribution in [3.63, 3.8) is 0 Å². The zero-order valence-electron chi connectivity index (χ0n) is 8.41. The van der Waals surface area contributed by atoms with E-state index < -0.39 is 0 Å². The van der Waals surface area contributed by atoms with Gasteiger partial charge in [0.05, 0.1) is 6.10 Å². The molecular weight excluding hydrogens is 218 g/mol. The molecule has 0 bridgehead atoms. The maximum Gasteiger partial charge on any atom is 0.315 e. The van der Waals surface area contributed by atoms with Crippen molar-refractivity contribution in [1.29, 1.82) is 0 Å². The molecule has 1 N–H and O–H groups in total. The molecule has 1 unspecified atom stereocenters. The van der Waals surface area contributed by atoms with Crippen LogP contribution in [0, 0.1) is 0 Å². The summed E-state index contributed by atoms with van der Waals surface area (Å²) in [6.07, 6.45) is 3.67. The van der Waals surface area contributed by atoms with E-state index in [1.54, 1.807) is 0 Å². The van der Waals surface area contributed by atoms with Gasteiger partial charge < -0.3 is 14.5 Å². The summed E-state index contributed by atoms with van der Waals surface area (Å²) in [6.45, 7) is 1.68. The quantitative estimate of drug-likeness (QED) is 0.783. The van der Waals surface area contributed by atoms with E-state index in [-0.39, 0.29) is 5.88 Å². The minimum absolute atomic E-state index is 0.250. The third-order valence-corrected chi connectivity index (χ3v) is 2.58. The van der Waals surface area contributed by atoms with E-state index in [2.05, 4.69) is 15.5 Å². The van der Waals surface area contributed by atoms with E-state index in [1.807, 2.05) is 0 Å². The van der Waals surface area contributed by atoms with Gasteiger partial charge in [0, 0.05) is 13.2 Å². The Labute approximate surface area is 93.1 Å². The van der Waals surface area contributed by atoms with Crippen molar-refractivity contribution in [3.05, 3.63) is 5.89 Å². The van der Waals surface area contributed by atoms with Gasteiger partial charge in [-0.05, 0) is 19.3 Å². The van der Waals surface area contributed by atoms with E-state index in [9.17, 15) is 0 Å². The smallest absolute Gasteiger partial charge is 0.315 e. The minimum Gasteiger partial charge on any atom is -0.407 e. The fourth-order valence-electron chi connectivity index (χ4n) is 1.59. The Morgan fingerprint density at radius 3 is 3.07 bits per heavy atom. The Balaban J connectivity index is 1.68. The van der Waals surface area contributed by atoms with E-state index in [0.717, 1.165) is 26.0 Å². The number of alkyl halides is 1. The van der Waals surface area contributed by atoms with Gasteiger partial charge in [-0.2, -0.15) is 0 Å². The molecule has 1 atom stereocenters. The molecule has 0 spiro atoms. The Kier molecular flexibility index (Phi) is 3.80. The fourth-order valence-corrected chi connectivity index (χ4v) is 1.70. The second kappa shape index (κ2) is 5.32. The van der Waals surface area contributed by atoms with Crippen LogP contribution < -0.4 is 5.32 Å². The topological polar surface area (TPSA) is 60.2 Å². The summed E-state index contributed by atoms with van der Waals surface area (Å²) in [6, 6.07) is 0.434. The highest BCUT2D eigenvalue weighted by molar-refractivity contribution is 6.16. The van der Waals surface area contributed by atoms with E-state index in [1.165, 1.54) is 6.42 Å². The van der Waals surface area contributed by atoms with Crippen LogP contribution in [-0.4, -0.2) is 29.5 Å². The molecule has 0 aliphatic carbocycles. The second-order valence-corrected chi connectivity index (χ2v) is 3.75. The molecule has 1 aromatic rings. The Hall–Kier alpha value is -0.810. The van der Waals surface area contributed by atoms with Gasteiger partial charge in [0.2, 0.25) is 5.89 Å². The van der Waals surface area contributed by atoms with Gasteiger partial charge in [0.15, 0.2) is 0 Å². The number of anilines is 1.